The van der Waals surface area contributed by atoms with Crippen LogP contribution in [-0.4, -0.2) is 44.2 Å². The predicted molar refractivity (Wildman–Crippen MR) is 51.6 cm³/mol. The number of aliphatic hydroxyl groups is 1. The van der Waals surface area contributed by atoms with Crippen LogP contribution in [0.3, 0.4) is 0 Å². The van der Waals surface area contributed by atoms with Crippen LogP contribution in [-0.2, 0) is 6.67 Å². The molecule has 78 valence electrons. The number of hydrogen-bond donors (Lipinski definition) is 1. The molecule has 2 heterocycles. The fraction of sp³-hybridized carbons (Fsp3) is 0.778. The van der Waals surface area contributed by atoms with Gasteiger partial charge < -0.3 is 5.11 Å². The second-order valence-electron chi connectivity index (χ2n) is 3.89. The van der Waals surface area contributed by atoms with Gasteiger partial charge in [0.25, 0.3) is 0 Å². The quantitative estimate of drug-likeness (QED) is 0.723. The Morgan fingerprint density at radius 3 is 2.79 bits per heavy atom. The number of rotatable bonds is 2. The molecule has 1 aliphatic heterocycles. The topological polar surface area (TPSA) is 54.2 Å². The highest BCUT2D eigenvalue weighted by Crippen LogP contribution is 2.10. The van der Waals surface area contributed by atoms with Crippen LogP contribution in [0.1, 0.15) is 18.5 Å². The largest absolute Gasteiger partial charge is 0.393 e. The molecule has 14 heavy (non-hydrogen) atoms. The molecule has 1 aliphatic rings. The number of aryl methyl sites for hydroxylation is 1. The van der Waals surface area contributed by atoms with Crippen LogP contribution in [0.25, 0.3) is 0 Å². The van der Waals surface area contributed by atoms with Gasteiger partial charge in [-0.25, -0.2) is 4.68 Å². The van der Waals surface area contributed by atoms with Crippen molar-refractivity contribution in [3.63, 3.8) is 0 Å². The molecule has 1 aromatic rings. The Morgan fingerprint density at radius 1 is 1.50 bits per heavy atom. The molecule has 0 bridgehead atoms. The van der Waals surface area contributed by atoms with E-state index in [1.807, 2.05) is 17.8 Å². The summed E-state index contributed by atoms with van der Waals surface area (Å²) in [4.78, 5) is 2.28. The second-order valence-corrected chi connectivity index (χ2v) is 3.89. The summed E-state index contributed by atoms with van der Waals surface area (Å²) in [7, 11) is 0. The van der Waals surface area contributed by atoms with Gasteiger partial charge in [-0.3, -0.25) is 4.90 Å². The van der Waals surface area contributed by atoms with Gasteiger partial charge in [0.2, 0.25) is 0 Å². The molecule has 0 aromatic carbocycles. The lowest BCUT2D eigenvalue weighted by Crippen LogP contribution is -2.37. The maximum absolute atomic E-state index is 9.34. The Morgan fingerprint density at radius 2 is 2.21 bits per heavy atom. The summed E-state index contributed by atoms with van der Waals surface area (Å²) in [5.41, 5.74) is 0.946. The standard InChI is InChI=1S/C9H16N4O/c1-8-6-13(11-10-8)7-12-4-2-9(14)3-5-12/h6,9,14H,2-5,7H2,1H3. The van der Waals surface area contributed by atoms with Gasteiger partial charge in [0, 0.05) is 19.3 Å². The Labute approximate surface area is 83.3 Å². The Bertz CT molecular complexity index is 291. The van der Waals surface area contributed by atoms with E-state index in [0.717, 1.165) is 38.3 Å². The highest BCUT2D eigenvalue weighted by atomic mass is 16.3. The predicted octanol–water partition coefficient (Wildman–Crippen LogP) is 0.000720. The normalized spacial score (nSPS) is 20.1. The van der Waals surface area contributed by atoms with Crippen LogP contribution in [0.2, 0.25) is 0 Å². The summed E-state index contributed by atoms with van der Waals surface area (Å²) in [6.45, 7) is 4.61. The molecule has 1 saturated heterocycles. The maximum Gasteiger partial charge on any atom is 0.0946 e. The number of nitrogens with zero attached hydrogens (tertiary/aromatic N) is 4. The van der Waals surface area contributed by atoms with Crippen molar-refractivity contribution in [2.45, 2.75) is 32.5 Å². The fourth-order valence-corrected chi connectivity index (χ4v) is 1.73. The summed E-state index contributed by atoms with van der Waals surface area (Å²) in [6, 6.07) is 0. The summed E-state index contributed by atoms with van der Waals surface area (Å²) in [5, 5.41) is 17.3. The molecule has 0 radical (unpaired) electrons. The molecule has 0 spiro atoms. The first-order valence-corrected chi connectivity index (χ1v) is 5.01. The molecule has 2 rings (SSSR count). The summed E-state index contributed by atoms with van der Waals surface area (Å²) < 4.78 is 1.84. The lowest BCUT2D eigenvalue weighted by atomic mass is 10.1. The molecule has 1 fully saturated rings. The number of aromatic nitrogens is 3. The molecule has 0 amide bonds. The van der Waals surface area contributed by atoms with Crippen LogP contribution in [0, 0.1) is 6.92 Å². The van der Waals surface area contributed by atoms with Crippen molar-refractivity contribution in [3.8, 4) is 0 Å². The van der Waals surface area contributed by atoms with Crippen molar-refractivity contribution in [1.82, 2.24) is 19.9 Å². The van der Waals surface area contributed by atoms with Gasteiger partial charge >= 0.3 is 0 Å². The van der Waals surface area contributed by atoms with Gasteiger partial charge in [0.15, 0.2) is 0 Å². The van der Waals surface area contributed by atoms with Gasteiger partial charge in [-0.1, -0.05) is 5.21 Å². The molecule has 5 nitrogen and oxygen atoms in total. The van der Waals surface area contributed by atoms with Crippen molar-refractivity contribution in [2.24, 2.45) is 0 Å². The average Bonchev–Trinajstić information content (AvgIpc) is 2.56. The van der Waals surface area contributed by atoms with Crippen LogP contribution < -0.4 is 0 Å². The van der Waals surface area contributed by atoms with Crippen LogP contribution in [0.4, 0.5) is 0 Å². The van der Waals surface area contributed by atoms with Crippen LogP contribution in [0.5, 0.6) is 0 Å². The van der Waals surface area contributed by atoms with Gasteiger partial charge in [0.05, 0.1) is 18.5 Å². The minimum atomic E-state index is -0.108. The SMILES string of the molecule is Cc1cn(CN2CCC(O)CC2)nn1. The maximum atomic E-state index is 9.34. The first-order valence-electron chi connectivity index (χ1n) is 5.01. The van der Waals surface area contributed by atoms with Crippen LogP contribution in [0.15, 0.2) is 6.20 Å². The molecule has 0 saturated carbocycles. The monoisotopic (exact) mass is 196 g/mol. The van der Waals surface area contributed by atoms with E-state index >= 15 is 0 Å². The zero-order chi connectivity index (χ0) is 9.97. The highest BCUT2D eigenvalue weighted by Gasteiger charge is 2.16. The summed E-state index contributed by atoms with van der Waals surface area (Å²) >= 11 is 0. The highest BCUT2D eigenvalue weighted by molar-refractivity contribution is 4.86. The lowest BCUT2D eigenvalue weighted by Gasteiger charge is -2.28. The van der Waals surface area contributed by atoms with Crippen LogP contribution >= 0.6 is 0 Å². The van der Waals surface area contributed by atoms with E-state index in [4.69, 9.17) is 0 Å². The zero-order valence-corrected chi connectivity index (χ0v) is 8.43. The molecule has 0 unspecified atom stereocenters. The minimum absolute atomic E-state index is 0.108. The van der Waals surface area contributed by atoms with E-state index in [0.29, 0.717) is 0 Å². The molecule has 1 N–H and O–H groups in total. The molecular weight excluding hydrogens is 180 g/mol. The fourth-order valence-electron chi connectivity index (χ4n) is 1.73. The third-order valence-electron chi connectivity index (χ3n) is 2.56. The van der Waals surface area contributed by atoms with Gasteiger partial charge in [-0.05, 0) is 19.8 Å². The Hall–Kier alpha value is -0.940. The van der Waals surface area contributed by atoms with E-state index in [2.05, 4.69) is 15.2 Å². The van der Waals surface area contributed by atoms with Crippen molar-refractivity contribution in [3.05, 3.63) is 11.9 Å². The smallest absolute Gasteiger partial charge is 0.0946 e. The van der Waals surface area contributed by atoms with E-state index in [-0.39, 0.29) is 6.10 Å². The summed E-state index contributed by atoms with van der Waals surface area (Å²) in [6.07, 6.45) is 3.57. The van der Waals surface area contributed by atoms with E-state index in [9.17, 15) is 5.11 Å². The molecule has 1 aromatic heterocycles. The van der Waals surface area contributed by atoms with Crippen molar-refractivity contribution >= 4 is 0 Å². The van der Waals surface area contributed by atoms with E-state index < -0.39 is 0 Å². The number of piperidine rings is 1. The third-order valence-corrected chi connectivity index (χ3v) is 2.56. The van der Waals surface area contributed by atoms with Crippen molar-refractivity contribution in [2.75, 3.05) is 13.1 Å². The van der Waals surface area contributed by atoms with Gasteiger partial charge in [-0.2, -0.15) is 0 Å². The van der Waals surface area contributed by atoms with E-state index in [1.54, 1.807) is 0 Å². The molecule has 5 heteroatoms. The number of hydrogen-bond acceptors (Lipinski definition) is 4. The second kappa shape index (κ2) is 4.06. The molecule has 0 aliphatic carbocycles. The minimum Gasteiger partial charge on any atom is -0.393 e. The number of aliphatic hydroxyl groups excluding tert-OH is 1. The average molecular weight is 196 g/mol. The Balaban J connectivity index is 1.86. The first-order chi connectivity index (χ1) is 6.74. The Kier molecular flexibility index (Phi) is 2.79. The van der Waals surface area contributed by atoms with E-state index in [1.165, 1.54) is 0 Å². The molecular formula is C9H16N4O. The number of likely N-dealkylation sites (tertiary alicyclic amines) is 1. The van der Waals surface area contributed by atoms with Crippen molar-refractivity contribution < 1.29 is 5.11 Å². The van der Waals surface area contributed by atoms with Gasteiger partial charge in [0.1, 0.15) is 0 Å². The molecule has 0 atom stereocenters. The summed E-state index contributed by atoms with van der Waals surface area (Å²) in [5.74, 6) is 0. The zero-order valence-electron chi connectivity index (χ0n) is 8.43. The van der Waals surface area contributed by atoms with Crippen molar-refractivity contribution in [1.29, 1.82) is 0 Å². The van der Waals surface area contributed by atoms with Gasteiger partial charge in [-0.15, -0.1) is 5.10 Å². The first kappa shape index (κ1) is 9.61. The third kappa shape index (κ3) is 2.30. The lowest BCUT2D eigenvalue weighted by molar-refractivity contribution is 0.0651.